The van der Waals surface area contributed by atoms with Crippen molar-refractivity contribution in [2.45, 2.75) is 26.1 Å². The van der Waals surface area contributed by atoms with Gasteiger partial charge in [0.05, 0.1) is 17.9 Å². The van der Waals surface area contributed by atoms with Crippen LogP contribution < -0.4 is 4.74 Å². The van der Waals surface area contributed by atoms with Gasteiger partial charge in [0, 0.05) is 19.3 Å². The Balaban J connectivity index is 1.26. The number of hydrogen-bond acceptors (Lipinski definition) is 5. The maximum absolute atomic E-state index is 12.9. The van der Waals surface area contributed by atoms with E-state index in [4.69, 9.17) is 4.74 Å². The van der Waals surface area contributed by atoms with Crippen molar-refractivity contribution in [1.29, 1.82) is 0 Å². The molecule has 9 heteroatoms. The van der Waals surface area contributed by atoms with Crippen LogP contribution in [0.3, 0.4) is 0 Å². The van der Waals surface area contributed by atoms with E-state index in [2.05, 4.69) is 15.4 Å². The van der Waals surface area contributed by atoms with Gasteiger partial charge >= 0.3 is 0 Å². The van der Waals surface area contributed by atoms with Gasteiger partial charge in [-0.2, -0.15) is 5.10 Å². The molecule has 3 aromatic rings. The lowest BCUT2D eigenvalue weighted by Gasteiger charge is -2.38. The second-order valence-electron chi connectivity index (χ2n) is 6.54. The third-order valence-corrected chi connectivity index (χ3v) is 4.42. The van der Waals surface area contributed by atoms with Crippen LogP contribution >= 0.6 is 0 Å². The number of aryl methyl sites for hydroxylation is 1. The number of amides is 1. The van der Waals surface area contributed by atoms with Gasteiger partial charge in [-0.25, -0.2) is 9.07 Å². The average molecular weight is 370 g/mol. The van der Waals surface area contributed by atoms with Crippen molar-refractivity contribution >= 4 is 5.91 Å². The summed E-state index contributed by atoms with van der Waals surface area (Å²) in [4.78, 5) is 14.0. The molecule has 1 aromatic carbocycles. The van der Waals surface area contributed by atoms with Crippen LogP contribution in [0.15, 0.2) is 42.7 Å². The second kappa shape index (κ2) is 7.18. The van der Waals surface area contributed by atoms with Gasteiger partial charge < -0.3 is 9.64 Å². The molecule has 27 heavy (non-hydrogen) atoms. The third kappa shape index (κ3) is 3.97. The Morgan fingerprint density at radius 3 is 2.74 bits per heavy atom. The van der Waals surface area contributed by atoms with Gasteiger partial charge in [0.25, 0.3) is 0 Å². The van der Waals surface area contributed by atoms with Crippen molar-refractivity contribution in [3.05, 3.63) is 59.9 Å². The Kier molecular flexibility index (Phi) is 4.57. The molecule has 2 aromatic heterocycles. The van der Waals surface area contributed by atoms with Crippen molar-refractivity contribution in [3.8, 4) is 5.75 Å². The summed E-state index contributed by atoms with van der Waals surface area (Å²) < 4.78 is 21.8. The predicted molar refractivity (Wildman–Crippen MR) is 93.3 cm³/mol. The normalized spacial score (nSPS) is 14.2. The van der Waals surface area contributed by atoms with Crippen LogP contribution in [0.4, 0.5) is 4.39 Å². The molecule has 1 saturated heterocycles. The molecule has 1 fully saturated rings. The Morgan fingerprint density at radius 2 is 2.04 bits per heavy atom. The van der Waals surface area contributed by atoms with Crippen molar-refractivity contribution in [1.82, 2.24) is 29.7 Å². The zero-order valence-corrected chi connectivity index (χ0v) is 14.8. The topological polar surface area (TPSA) is 78.1 Å². The van der Waals surface area contributed by atoms with Crippen molar-refractivity contribution in [3.63, 3.8) is 0 Å². The van der Waals surface area contributed by atoms with E-state index in [9.17, 15) is 9.18 Å². The maximum atomic E-state index is 12.9. The van der Waals surface area contributed by atoms with E-state index in [0.29, 0.717) is 24.5 Å². The smallest absolute Gasteiger partial charge is 0.244 e. The lowest BCUT2D eigenvalue weighted by molar-refractivity contribution is -0.138. The summed E-state index contributed by atoms with van der Waals surface area (Å²) in [6.07, 6.45) is 3.61. The fourth-order valence-electron chi connectivity index (χ4n) is 2.86. The molecule has 140 valence electrons. The molecule has 0 spiro atoms. The van der Waals surface area contributed by atoms with Crippen LogP contribution in [-0.2, 0) is 17.9 Å². The summed E-state index contributed by atoms with van der Waals surface area (Å²) in [6, 6.07) is 7.80. The molecule has 0 radical (unpaired) electrons. The van der Waals surface area contributed by atoms with E-state index >= 15 is 0 Å². The standard InChI is InChI=1S/C18H19FN6O2/c1-13-6-7-24(21-13)11-18(26)23-9-16(10-23)25-8-15(20-22-25)12-27-17-4-2-14(19)3-5-17/h2-8,16H,9-12H2,1H3. The number of hydrogen-bond donors (Lipinski definition) is 0. The van der Waals surface area contributed by atoms with Crippen LogP contribution in [0.1, 0.15) is 17.4 Å². The van der Waals surface area contributed by atoms with Gasteiger partial charge in [0.15, 0.2) is 0 Å². The first-order valence-corrected chi connectivity index (χ1v) is 8.64. The van der Waals surface area contributed by atoms with Crippen LogP contribution in [0.5, 0.6) is 5.75 Å². The zero-order valence-electron chi connectivity index (χ0n) is 14.8. The van der Waals surface area contributed by atoms with E-state index in [1.165, 1.54) is 12.1 Å². The summed E-state index contributed by atoms with van der Waals surface area (Å²) in [6.45, 7) is 3.58. The number of likely N-dealkylation sites (tertiary alicyclic amines) is 1. The van der Waals surface area contributed by atoms with Crippen LogP contribution in [0, 0.1) is 12.7 Å². The van der Waals surface area contributed by atoms with Crippen LogP contribution in [0.2, 0.25) is 0 Å². The van der Waals surface area contributed by atoms with Gasteiger partial charge in [-0.3, -0.25) is 9.48 Å². The molecule has 0 bridgehead atoms. The molecule has 0 N–H and O–H groups in total. The van der Waals surface area contributed by atoms with Crippen LogP contribution in [0.25, 0.3) is 0 Å². The van der Waals surface area contributed by atoms with Gasteiger partial charge in [-0.15, -0.1) is 5.10 Å². The van der Waals surface area contributed by atoms with E-state index in [-0.39, 0.29) is 30.9 Å². The van der Waals surface area contributed by atoms with Crippen molar-refractivity contribution < 1.29 is 13.9 Å². The van der Waals surface area contributed by atoms with Gasteiger partial charge in [0.2, 0.25) is 5.91 Å². The monoisotopic (exact) mass is 370 g/mol. The first kappa shape index (κ1) is 17.2. The molecule has 1 aliphatic rings. The number of rotatable bonds is 6. The van der Waals surface area contributed by atoms with Crippen molar-refractivity contribution in [2.24, 2.45) is 0 Å². The predicted octanol–water partition coefficient (Wildman–Crippen LogP) is 1.58. The first-order chi connectivity index (χ1) is 13.1. The highest BCUT2D eigenvalue weighted by molar-refractivity contribution is 5.76. The number of benzene rings is 1. The number of ether oxygens (including phenoxy) is 1. The third-order valence-electron chi connectivity index (χ3n) is 4.42. The molecule has 0 aliphatic carbocycles. The summed E-state index contributed by atoms with van der Waals surface area (Å²) in [5.74, 6) is 0.301. The Bertz CT molecular complexity index is 929. The van der Waals surface area contributed by atoms with Crippen LogP contribution in [-0.4, -0.2) is 48.7 Å². The zero-order chi connectivity index (χ0) is 18.8. The molecule has 4 rings (SSSR count). The minimum Gasteiger partial charge on any atom is -0.487 e. The molecule has 1 amide bonds. The maximum Gasteiger partial charge on any atom is 0.244 e. The summed E-state index contributed by atoms with van der Waals surface area (Å²) in [5.41, 5.74) is 1.57. The number of carbonyl (C=O) groups is 1. The van der Waals surface area contributed by atoms with E-state index in [1.807, 2.05) is 19.2 Å². The van der Waals surface area contributed by atoms with E-state index in [1.54, 1.807) is 32.6 Å². The molecule has 0 atom stereocenters. The number of nitrogens with zero attached hydrogens (tertiary/aromatic N) is 6. The highest BCUT2D eigenvalue weighted by Gasteiger charge is 2.32. The van der Waals surface area contributed by atoms with E-state index in [0.717, 1.165) is 5.69 Å². The van der Waals surface area contributed by atoms with Gasteiger partial charge in [0.1, 0.15) is 30.4 Å². The molecule has 1 aliphatic heterocycles. The summed E-state index contributed by atoms with van der Waals surface area (Å²) in [7, 11) is 0. The largest absolute Gasteiger partial charge is 0.487 e. The minimum atomic E-state index is -0.305. The Morgan fingerprint density at radius 1 is 1.26 bits per heavy atom. The lowest BCUT2D eigenvalue weighted by atomic mass is 10.1. The number of halogens is 1. The molecule has 8 nitrogen and oxygen atoms in total. The molecular weight excluding hydrogens is 351 g/mol. The molecule has 0 unspecified atom stereocenters. The lowest BCUT2D eigenvalue weighted by Crippen LogP contribution is -2.51. The highest BCUT2D eigenvalue weighted by Crippen LogP contribution is 2.21. The van der Waals surface area contributed by atoms with Gasteiger partial charge in [-0.1, -0.05) is 5.21 Å². The van der Waals surface area contributed by atoms with Crippen molar-refractivity contribution in [2.75, 3.05) is 13.1 Å². The Hall–Kier alpha value is -3.23. The quantitative estimate of drug-likeness (QED) is 0.658. The molecule has 3 heterocycles. The minimum absolute atomic E-state index is 0.0364. The number of aromatic nitrogens is 5. The van der Waals surface area contributed by atoms with E-state index < -0.39 is 0 Å². The average Bonchev–Trinajstić information content (AvgIpc) is 3.22. The summed E-state index contributed by atoms with van der Waals surface area (Å²) >= 11 is 0. The molecular formula is C18H19FN6O2. The fourth-order valence-corrected chi connectivity index (χ4v) is 2.86. The Labute approximate surface area is 155 Å². The molecule has 0 saturated carbocycles. The number of carbonyl (C=O) groups excluding carboxylic acids is 1. The first-order valence-electron chi connectivity index (χ1n) is 8.64. The fraction of sp³-hybridized carbons (Fsp3) is 0.333. The van der Waals surface area contributed by atoms with Gasteiger partial charge in [-0.05, 0) is 37.3 Å². The highest BCUT2D eigenvalue weighted by atomic mass is 19.1. The second-order valence-corrected chi connectivity index (χ2v) is 6.54. The summed E-state index contributed by atoms with van der Waals surface area (Å²) in [5, 5.41) is 12.4. The SMILES string of the molecule is Cc1ccn(CC(=O)N2CC(n3cc(COc4ccc(F)cc4)nn3)C2)n1.